The molecule has 9 heteroatoms. The van der Waals surface area contributed by atoms with E-state index in [1.807, 2.05) is 0 Å². The van der Waals surface area contributed by atoms with E-state index < -0.39 is 11.7 Å². The molecule has 1 aromatic rings. The van der Waals surface area contributed by atoms with E-state index in [1.54, 1.807) is 32.9 Å². The maximum atomic E-state index is 11.6. The topological polar surface area (TPSA) is 105 Å². The number of carbonyl (C=O) groups is 2. The molecule has 0 aromatic carbocycles. The molecule has 0 unspecified atom stereocenters. The molecule has 0 aliphatic heterocycles. The maximum Gasteiger partial charge on any atom is 0.407 e. The molecule has 0 spiro atoms. The lowest BCUT2D eigenvalue weighted by Gasteiger charge is -2.19. The Kier molecular flexibility index (Phi) is 6.84. The van der Waals surface area contributed by atoms with Gasteiger partial charge in [0.05, 0.1) is 0 Å². The van der Waals surface area contributed by atoms with Crippen molar-refractivity contribution < 1.29 is 14.3 Å². The quantitative estimate of drug-likeness (QED) is 0.543. The first-order chi connectivity index (χ1) is 10.3. The van der Waals surface area contributed by atoms with Crippen molar-refractivity contribution in [3.8, 4) is 0 Å². The van der Waals surface area contributed by atoms with Crippen LogP contribution in [0.2, 0.25) is 5.15 Å². The molecule has 1 heterocycles. The fraction of sp³-hybridized carbons (Fsp3) is 0.538. The van der Waals surface area contributed by atoms with Crippen molar-refractivity contribution in [2.45, 2.75) is 39.2 Å². The Hall–Kier alpha value is -2.09. The number of hydrogen-bond donors (Lipinski definition) is 3. The Morgan fingerprint density at radius 2 is 2.00 bits per heavy atom. The molecule has 0 fully saturated rings. The summed E-state index contributed by atoms with van der Waals surface area (Å²) in [7, 11) is 0. The van der Waals surface area contributed by atoms with E-state index in [0.29, 0.717) is 18.8 Å². The fourth-order valence-electron chi connectivity index (χ4n) is 1.33. The van der Waals surface area contributed by atoms with Gasteiger partial charge in [-0.2, -0.15) is 0 Å². The number of hydrogen-bond acceptors (Lipinski definition) is 6. The van der Waals surface area contributed by atoms with Crippen molar-refractivity contribution in [1.82, 2.24) is 20.9 Å². The highest BCUT2D eigenvalue weighted by Crippen LogP contribution is 2.06. The molecule has 2 amide bonds. The molecule has 0 atom stereocenters. The molecule has 0 aliphatic carbocycles. The van der Waals surface area contributed by atoms with E-state index in [-0.39, 0.29) is 17.5 Å². The normalized spacial score (nSPS) is 10.7. The minimum absolute atomic E-state index is 0.234. The summed E-state index contributed by atoms with van der Waals surface area (Å²) in [6.45, 7) is 5.70. The number of aromatic nitrogens is 2. The van der Waals surface area contributed by atoms with Crippen LogP contribution >= 0.6 is 11.6 Å². The number of rotatable bonds is 6. The van der Waals surface area contributed by atoms with Gasteiger partial charge in [0, 0.05) is 13.0 Å². The first kappa shape index (κ1) is 18.0. The Bertz CT molecular complexity index is 501. The zero-order valence-corrected chi connectivity index (χ0v) is 13.5. The summed E-state index contributed by atoms with van der Waals surface area (Å²) in [5.41, 5.74) is 4.54. The summed E-state index contributed by atoms with van der Waals surface area (Å²) in [6, 6.07) is 3.13. The summed E-state index contributed by atoms with van der Waals surface area (Å²) in [6.07, 6.45) is 0.227. The van der Waals surface area contributed by atoms with Crippen LogP contribution in [-0.4, -0.2) is 34.3 Å². The molecule has 0 radical (unpaired) electrons. The number of carbonyl (C=O) groups excluding carboxylic acids is 2. The third kappa shape index (κ3) is 8.25. The minimum Gasteiger partial charge on any atom is -0.444 e. The first-order valence-electron chi connectivity index (χ1n) is 6.77. The summed E-state index contributed by atoms with van der Waals surface area (Å²) in [4.78, 5) is 22.9. The van der Waals surface area contributed by atoms with Crippen LogP contribution in [0.25, 0.3) is 0 Å². The number of alkyl carbamates (subject to hydrolysis) is 1. The van der Waals surface area contributed by atoms with Gasteiger partial charge in [-0.05, 0) is 39.3 Å². The lowest BCUT2D eigenvalue weighted by molar-refractivity contribution is -0.120. The van der Waals surface area contributed by atoms with Crippen molar-refractivity contribution in [2.75, 3.05) is 12.0 Å². The van der Waals surface area contributed by atoms with E-state index >= 15 is 0 Å². The molecule has 1 rings (SSSR count). The van der Waals surface area contributed by atoms with Gasteiger partial charge < -0.3 is 10.1 Å². The largest absolute Gasteiger partial charge is 0.444 e. The molecule has 3 N–H and O–H groups in total. The van der Waals surface area contributed by atoms with Crippen molar-refractivity contribution in [2.24, 2.45) is 0 Å². The lowest BCUT2D eigenvalue weighted by Crippen LogP contribution is -2.34. The maximum absolute atomic E-state index is 11.6. The van der Waals surface area contributed by atoms with Gasteiger partial charge >= 0.3 is 6.09 Å². The molecule has 0 aliphatic rings. The van der Waals surface area contributed by atoms with Crippen LogP contribution in [0.4, 0.5) is 10.6 Å². The SMILES string of the molecule is CC(C)(C)OC(=O)NCCCC(=O)NNc1ccc(Cl)nn1. The zero-order valence-electron chi connectivity index (χ0n) is 12.8. The number of nitrogens with one attached hydrogen (secondary N) is 3. The second kappa shape index (κ2) is 8.38. The number of nitrogens with zero attached hydrogens (tertiary/aromatic N) is 2. The highest BCUT2D eigenvalue weighted by molar-refractivity contribution is 6.29. The smallest absolute Gasteiger partial charge is 0.407 e. The lowest BCUT2D eigenvalue weighted by atomic mass is 10.2. The number of halogens is 1. The zero-order chi connectivity index (χ0) is 16.6. The van der Waals surface area contributed by atoms with Gasteiger partial charge in [0.15, 0.2) is 11.0 Å². The van der Waals surface area contributed by atoms with Gasteiger partial charge in [0.2, 0.25) is 5.91 Å². The highest BCUT2D eigenvalue weighted by Gasteiger charge is 2.15. The second-order valence-corrected chi connectivity index (χ2v) is 5.83. The predicted molar refractivity (Wildman–Crippen MR) is 82.3 cm³/mol. The van der Waals surface area contributed by atoms with Crippen LogP contribution in [0, 0.1) is 0 Å². The van der Waals surface area contributed by atoms with Gasteiger partial charge in [0.25, 0.3) is 0 Å². The van der Waals surface area contributed by atoms with Crippen molar-refractivity contribution >= 4 is 29.4 Å². The van der Waals surface area contributed by atoms with Crippen molar-refractivity contribution in [1.29, 1.82) is 0 Å². The number of hydrazine groups is 1. The van der Waals surface area contributed by atoms with Crippen LogP contribution in [0.1, 0.15) is 33.6 Å². The molecule has 22 heavy (non-hydrogen) atoms. The summed E-state index contributed by atoms with van der Waals surface area (Å²) >= 11 is 5.59. The average Bonchev–Trinajstić information content (AvgIpc) is 2.41. The molecule has 122 valence electrons. The third-order valence-corrected chi connectivity index (χ3v) is 2.41. The predicted octanol–water partition coefficient (Wildman–Crippen LogP) is 1.88. The second-order valence-electron chi connectivity index (χ2n) is 5.45. The molecular weight excluding hydrogens is 310 g/mol. The van der Waals surface area contributed by atoms with Gasteiger partial charge in [-0.15, -0.1) is 10.2 Å². The average molecular weight is 330 g/mol. The van der Waals surface area contributed by atoms with Crippen LogP contribution in [0.5, 0.6) is 0 Å². The van der Waals surface area contributed by atoms with E-state index in [0.717, 1.165) is 0 Å². The number of ether oxygens (including phenoxy) is 1. The first-order valence-corrected chi connectivity index (χ1v) is 7.15. The third-order valence-electron chi connectivity index (χ3n) is 2.21. The van der Waals surface area contributed by atoms with Crippen LogP contribution in [-0.2, 0) is 9.53 Å². The Morgan fingerprint density at radius 3 is 2.59 bits per heavy atom. The Balaban J connectivity index is 2.13. The molecular formula is C13H20ClN5O3. The van der Waals surface area contributed by atoms with E-state index in [9.17, 15) is 9.59 Å². The van der Waals surface area contributed by atoms with Crippen molar-refractivity contribution in [3.63, 3.8) is 0 Å². The minimum atomic E-state index is -0.537. The highest BCUT2D eigenvalue weighted by atomic mass is 35.5. The number of anilines is 1. The molecule has 0 saturated carbocycles. The Labute approximate surface area is 133 Å². The van der Waals surface area contributed by atoms with E-state index in [2.05, 4.69) is 26.4 Å². The summed E-state index contributed by atoms with van der Waals surface area (Å²) < 4.78 is 5.07. The monoisotopic (exact) mass is 329 g/mol. The molecule has 8 nitrogen and oxygen atoms in total. The molecule has 1 aromatic heterocycles. The van der Waals surface area contributed by atoms with Crippen LogP contribution in [0.3, 0.4) is 0 Å². The fourth-order valence-corrected chi connectivity index (χ4v) is 1.43. The van der Waals surface area contributed by atoms with Gasteiger partial charge in [-0.3, -0.25) is 15.6 Å². The molecule has 0 saturated heterocycles. The molecule has 0 bridgehead atoms. The summed E-state index contributed by atoms with van der Waals surface area (Å²) in [5, 5.41) is 10.2. The van der Waals surface area contributed by atoms with Crippen molar-refractivity contribution in [3.05, 3.63) is 17.3 Å². The van der Waals surface area contributed by atoms with E-state index in [4.69, 9.17) is 16.3 Å². The van der Waals surface area contributed by atoms with Crippen LogP contribution < -0.4 is 16.2 Å². The van der Waals surface area contributed by atoms with Gasteiger partial charge in [-0.1, -0.05) is 11.6 Å². The standard InChI is InChI=1S/C13H20ClN5O3/c1-13(2,3)22-12(21)15-8-4-5-11(20)19-18-10-7-6-9(14)16-17-10/h6-7H,4-5,8H2,1-3H3,(H,15,21)(H,17,18)(H,19,20). The number of amides is 2. The van der Waals surface area contributed by atoms with Crippen LogP contribution in [0.15, 0.2) is 12.1 Å². The summed E-state index contributed by atoms with van der Waals surface area (Å²) in [5.74, 6) is 0.146. The van der Waals surface area contributed by atoms with Gasteiger partial charge in [-0.25, -0.2) is 4.79 Å². The van der Waals surface area contributed by atoms with Gasteiger partial charge in [0.1, 0.15) is 5.60 Å². The van der Waals surface area contributed by atoms with E-state index in [1.165, 1.54) is 0 Å². The Morgan fingerprint density at radius 1 is 1.27 bits per heavy atom.